The van der Waals surface area contributed by atoms with Gasteiger partial charge in [0, 0.05) is 27.4 Å². The smallest absolute Gasteiger partial charge is 0.303 e. The van der Waals surface area contributed by atoms with Gasteiger partial charge in [0.05, 0.1) is 6.10 Å². The van der Waals surface area contributed by atoms with E-state index in [1.807, 2.05) is 0 Å². The molecule has 0 spiro atoms. The first-order valence-electron chi connectivity index (χ1n) is 7.05. The van der Waals surface area contributed by atoms with Crippen molar-refractivity contribution in [2.45, 2.75) is 65.3 Å². The van der Waals surface area contributed by atoms with E-state index in [0.717, 1.165) is 0 Å². The third-order valence-electron chi connectivity index (χ3n) is 2.96. The fourth-order valence-corrected chi connectivity index (χ4v) is 2.27. The van der Waals surface area contributed by atoms with Crippen molar-refractivity contribution in [2.24, 2.45) is 0 Å². The molecule has 1 heterocycles. The van der Waals surface area contributed by atoms with Gasteiger partial charge in [-0.25, -0.2) is 0 Å². The molecule has 22 heavy (non-hydrogen) atoms. The fourth-order valence-electron chi connectivity index (χ4n) is 2.27. The van der Waals surface area contributed by atoms with Crippen LogP contribution in [0.1, 0.15) is 34.6 Å². The first-order chi connectivity index (χ1) is 10.3. The molecule has 0 amide bonds. The Morgan fingerprint density at radius 2 is 1.32 bits per heavy atom. The summed E-state index contributed by atoms with van der Waals surface area (Å²) >= 11 is 0. The summed E-state index contributed by atoms with van der Waals surface area (Å²) in [4.78, 5) is 34.0. The molecule has 1 aliphatic heterocycles. The Bertz CT molecular complexity index is 421. The summed E-state index contributed by atoms with van der Waals surface area (Å²) in [5, 5.41) is 0. The number of hydrogen-bond acceptors (Lipinski definition) is 8. The van der Waals surface area contributed by atoms with E-state index in [1.165, 1.54) is 20.8 Å². The van der Waals surface area contributed by atoms with Gasteiger partial charge in [-0.15, -0.1) is 0 Å². The summed E-state index contributed by atoms with van der Waals surface area (Å²) in [6.07, 6.45) is -4.45. The summed E-state index contributed by atoms with van der Waals surface area (Å²) in [7, 11) is 0. The maximum Gasteiger partial charge on any atom is 0.303 e. The summed E-state index contributed by atoms with van der Waals surface area (Å²) in [6, 6.07) is 0. The van der Waals surface area contributed by atoms with Crippen molar-refractivity contribution in [3.63, 3.8) is 0 Å². The molecular formula is C14H22O8. The van der Waals surface area contributed by atoms with Crippen molar-refractivity contribution in [3.05, 3.63) is 0 Å². The first kappa shape index (κ1) is 18.4. The van der Waals surface area contributed by atoms with Crippen molar-refractivity contribution in [1.82, 2.24) is 0 Å². The summed E-state index contributed by atoms with van der Waals surface area (Å²) in [6.45, 7) is 7.36. The van der Waals surface area contributed by atoms with E-state index in [2.05, 4.69) is 0 Å². The Labute approximate surface area is 129 Å². The average Bonchev–Trinajstić information content (AvgIpc) is 2.37. The highest BCUT2D eigenvalue weighted by atomic mass is 16.7. The van der Waals surface area contributed by atoms with E-state index in [4.69, 9.17) is 23.7 Å². The van der Waals surface area contributed by atoms with Gasteiger partial charge < -0.3 is 23.7 Å². The first-order valence-corrected chi connectivity index (χ1v) is 7.05. The largest absolute Gasteiger partial charge is 0.456 e. The van der Waals surface area contributed by atoms with Crippen LogP contribution in [0.4, 0.5) is 0 Å². The van der Waals surface area contributed by atoms with Gasteiger partial charge in [-0.1, -0.05) is 0 Å². The molecule has 8 heteroatoms. The van der Waals surface area contributed by atoms with E-state index < -0.39 is 48.6 Å². The van der Waals surface area contributed by atoms with Crippen LogP contribution in [0.25, 0.3) is 0 Å². The molecular weight excluding hydrogens is 296 g/mol. The molecule has 0 aliphatic carbocycles. The fraction of sp³-hybridized carbons (Fsp3) is 0.786. The van der Waals surface area contributed by atoms with Gasteiger partial charge in [-0.2, -0.15) is 0 Å². The van der Waals surface area contributed by atoms with Crippen LogP contribution < -0.4 is 0 Å². The van der Waals surface area contributed by atoms with Gasteiger partial charge >= 0.3 is 17.9 Å². The zero-order chi connectivity index (χ0) is 16.9. The van der Waals surface area contributed by atoms with Crippen molar-refractivity contribution in [2.75, 3.05) is 6.61 Å². The predicted molar refractivity (Wildman–Crippen MR) is 72.6 cm³/mol. The van der Waals surface area contributed by atoms with Crippen molar-refractivity contribution in [3.8, 4) is 0 Å². The monoisotopic (exact) mass is 318 g/mol. The molecule has 0 aromatic heterocycles. The molecule has 0 radical (unpaired) electrons. The summed E-state index contributed by atoms with van der Waals surface area (Å²) < 4.78 is 26.5. The Kier molecular flexibility index (Phi) is 6.76. The second kappa shape index (κ2) is 8.09. The minimum atomic E-state index is -1.03. The molecule has 5 atom stereocenters. The maximum atomic E-state index is 11.4. The Hall–Kier alpha value is -1.67. The summed E-state index contributed by atoms with van der Waals surface area (Å²) in [5.41, 5.74) is 0. The lowest BCUT2D eigenvalue weighted by Gasteiger charge is -2.43. The third kappa shape index (κ3) is 4.96. The van der Waals surface area contributed by atoms with Gasteiger partial charge in [0.15, 0.2) is 24.6 Å². The molecule has 0 bridgehead atoms. The van der Waals surface area contributed by atoms with Crippen molar-refractivity contribution in [1.29, 1.82) is 0 Å². The minimum Gasteiger partial charge on any atom is -0.456 e. The standard InChI is InChI=1S/C14H22O8/c1-6-18-14-13(22-10(5)17)12(21-9(4)16)11(7(2)19-14)20-8(3)15/h7,11-14H,6H2,1-5H3/t7-,11+,12+,13-,14+/m0/s1. The topological polar surface area (TPSA) is 97.4 Å². The van der Waals surface area contributed by atoms with Crippen LogP contribution in [0, 0.1) is 0 Å². The van der Waals surface area contributed by atoms with Crippen LogP contribution in [0.15, 0.2) is 0 Å². The van der Waals surface area contributed by atoms with E-state index >= 15 is 0 Å². The highest BCUT2D eigenvalue weighted by molar-refractivity contribution is 5.68. The Morgan fingerprint density at radius 1 is 0.864 bits per heavy atom. The molecule has 0 unspecified atom stereocenters. The maximum absolute atomic E-state index is 11.4. The Morgan fingerprint density at radius 3 is 1.77 bits per heavy atom. The lowest BCUT2D eigenvalue weighted by molar-refractivity contribution is -0.299. The minimum absolute atomic E-state index is 0.306. The van der Waals surface area contributed by atoms with E-state index in [9.17, 15) is 14.4 Å². The van der Waals surface area contributed by atoms with Crippen LogP contribution in [0.5, 0.6) is 0 Å². The Balaban J connectivity index is 3.09. The molecule has 8 nitrogen and oxygen atoms in total. The predicted octanol–water partition coefficient (Wildman–Crippen LogP) is 0.563. The molecule has 1 fully saturated rings. The number of esters is 3. The van der Waals surface area contributed by atoms with Gasteiger partial charge in [0.1, 0.15) is 0 Å². The lowest BCUT2D eigenvalue weighted by atomic mass is 9.99. The SMILES string of the molecule is CCO[C@@H]1O[C@@H](C)[C@@H](OC(C)=O)[C@@H](OC(C)=O)[C@@H]1OC(C)=O. The van der Waals surface area contributed by atoms with Gasteiger partial charge in [-0.3, -0.25) is 14.4 Å². The van der Waals surface area contributed by atoms with Crippen LogP contribution in [0.3, 0.4) is 0 Å². The molecule has 0 saturated carbocycles. The zero-order valence-electron chi connectivity index (χ0n) is 13.4. The van der Waals surface area contributed by atoms with Crippen LogP contribution in [-0.4, -0.2) is 55.2 Å². The number of carbonyl (C=O) groups excluding carboxylic acids is 3. The van der Waals surface area contributed by atoms with E-state index in [-0.39, 0.29) is 0 Å². The average molecular weight is 318 g/mol. The molecule has 126 valence electrons. The normalized spacial score (nSPS) is 31.2. The highest BCUT2D eigenvalue weighted by Gasteiger charge is 2.50. The van der Waals surface area contributed by atoms with E-state index in [0.29, 0.717) is 6.61 Å². The van der Waals surface area contributed by atoms with Crippen LogP contribution >= 0.6 is 0 Å². The van der Waals surface area contributed by atoms with Crippen LogP contribution in [-0.2, 0) is 38.1 Å². The molecule has 1 saturated heterocycles. The van der Waals surface area contributed by atoms with Crippen molar-refractivity contribution < 1.29 is 38.1 Å². The summed E-state index contributed by atoms with van der Waals surface area (Å²) in [5.74, 6) is -1.75. The lowest BCUT2D eigenvalue weighted by Crippen LogP contribution is -2.61. The third-order valence-corrected chi connectivity index (χ3v) is 2.96. The van der Waals surface area contributed by atoms with E-state index in [1.54, 1.807) is 13.8 Å². The number of carbonyl (C=O) groups is 3. The number of ether oxygens (including phenoxy) is 5. The quantitative estimate of drug-likeness (QED) is 0.536. The number of hydrogen-bond donors (Lipinski definition) is 0. The zero-order valence-corrected chi connectivity index (χ0v) is 13.4. The molecule has 0 N–H and O–H groups in total. The molecule has 1 rings (SSSR count). The second-order valence-electron chi connectivity index (χ2n) is 4.89. The molecule has 1 aliphatic rings. The van der Waals surface area contributed by atoms with Crippen LogP contribution in [0.2, 0.25) is 0 Å². The van der Waals surface area contributed by atoms with Crippen molar-refractivity contribution >= 4 is 17.9 Å². The van der Waals surface area contributed by atoms with Gasteiger partial charge in [0.2, 0.25) is 0 Å². The number of rotatable bonds is 5. The van der Waals surface area contributed by atoms with Gasteiger partial charge in [-0.05, 0) is 13.8 Å². The molecule has 0 aromatic rings. The molecule has 0 aromatic carbocycles. The second-order valence-corrected chi connectivity index (χ2v) is 4.89. The highest BCUT2D eigenvalue weighted by Crippen LogP contribution is 2.29. The van der Waals surface area contributed by atoms with Gasteiger partial charge in [0.25, 0.3) is 0 Å².